The monoisotopic (exact) mass is 447 g/mol. The van der Waals surface area contributed by atoms with Gasteiger partial charge in [0.05, 0.1) is 19.8 Å². The van der Waals surface area contributed by atoms with E-state index in [4.69, 9.17) is 14.0 Å². The molecule has 4 rings (SSSR count). The van der Waals surface area contributed by atoms with E-state index in [2.05, 4.69) is 10.1 Å². The molecular weight excluding hydrogens is 427 g/mol. The predicted octanol–water partition coefficient (Wildman–Crippen LogP) is 4.29. The van der Waals surface area contributed by atoms with Crippen molar-refractivity contribution in [2.24, 2.45) is 0 Å². The van der Waals surface area contributed by atoms with Crippen molar-refractivity contribution in [1.29, 1.82) is 0 Å². The molecule has 0 radical (unpaired) electrons. The highest BCUT2D eigenvalue weighted by Crippen LogP contribution is 2.33. The number of likely N-dealkylation sites (tertiary alicyclic amines) is 1. The minimum atomic E-state index is -4.39. The summed E-state index contributed by atoms with van der Waals surface area (Å²) in [7, 11) is 3.07. The molecule has 2 aromatic carbocycles. The van der Waals surface area contributed by atoms with Gasteiger partial charge in [-0.25, -0.2) is 0 Å². The second-order valence-corrected chi connectivity index (χ2v) is 7.43. The van der Waals surface area contributed by atoms with Crippen LogP contribution in [0, 0.1) is 0 Å². The molecule has 1 aromatic heterocycles. The van der Waals surface area contributed by atoms with Crippen molar-refractivity contribution in [2.75, 3.05) is 20.8 Å². The number of benzene rings is 2. The number of carbonyl (C=O) groups is 1. The van der Waals surface area contributed by atoms with E-state index in [1.165, 1.54) is 26.4 Å². The van der Waals surface area contributed by atoms with Gasteiger partial charge in [-0.15, -0.1) is 0 Å². The van der Waals surface area contributed by atoms with E-state index in [1.54, 1.807) is 23.1 Å². The van der Waals surface area contributed by atoms with E-state index in [1.807, 2.05) is 0 Å². The van der Waals surface area contributed by atoms with Gasteiger partial charge >= 0.3 is 6.18 Å². The molecule has 1 fully saturated rings. The zero-order valence-corrected chi connectivity index (χ0v) is 17.3. The van der Waals surface area contributed by atoms with Crippen molar-refractivity contribution < 1.29 is 32.0 Å². The predicted molar refractivity (Wildman–Crippen MR) is 107 cm³/mol. The Morgan fingerprint density at radius 3 is 2.34 bits per heavy atom. The Morgan fingerprint density at radius 1 is 1.09 bits per heavy atom. The molecule has 168 valence electrons. The molecule has 1 aliphatic rings. The molecule has 0 bridgehead atoms. The molecular formula is C22H20F3N3O4. The number of aromatic nitrogens is 2. The molecule has 0 N–H and O–H groups in total. The van der Waals surface area contributed by atoms with Crippen LogP contribution in [-0.4, -0.2) is 41.7 Å². The highest BCUT2D eigenvalue weighted by Gasteiger charge is 2.34. The first-order valence-corrected chi connectivity index (χ1v) is 9.78. The number of halogens is 3. The zero-order chi connectivity index (χ0) is 22.9. The number of methoxy groups -OCH3 is 2. The van der Waals surface area contributed by atoms with Gasteiger partial charge in [0, 0.05) is 37.1 Å². The summed E-state index contributed by atoms with van der Waals surface area (Å²) in [6.45, 7) is 0.561. The van der Waals surface area contributed by atoms with Crippen molar-refractivity contribution in [1.82, 2.24) is 15.0 Å². The summed E-state index contributed by atoms with van der Waals surface area (Å²) in [4.78, 5) is 18.5. The van der Waals surface area contributed by atoms with E-state index < -0.39 is 11.7 Å². The van der Waals surface area contributed by atoms with Crippen molar-refractivity contribution in [3.63, 3.8) is 0 Å². The number of rotatable bonds is 6. The molecule has 1 saturated heterocycles. The maximum Gasteiger partial charge on any atom is 0.416 e. The van der Waals surface area contributed by atoms with Gasteiger partial charge in [-0.05, 0) is 29.8 Å². The van der Waals surface area contributed by atoms with Gasteiger partial charge in [0.25, 0.3) is 5.89 Å². The minimum Gasteiger partial charge on any atom is -0.497 e. The standard InChI is InChI=1S/C22H20F3N3O4/c1-30-17-7-14(8-18(10-17)31-2)21-26-20(27-32-21)15-9-19(29)28(12-15)11-13-3-5-16(6-4-13)22(23,24)25/h3-8,10,15H,9,11-12H2,1-2H3. The Kier molecular flexibility index (Phi) is 5.77. The SMILES string of the molecule is COc1cc(OC)cc(-c2nc(C3CC(=O)N(Cc4ccc(C(F)(F)F)cc4)C3)no2)c1. The maximum atomic E-state index is 12.7. The summed E-state index contributed by atoms with van der Waals surface area (Å²) in [6, 6.07) is 9.98. The summed E-state index contributed by atoms with van der Waals surface area (Å²) >= 11 is 0. The third-order valence-corrected chi connectivity index (χ3v) is 5.27. The first-order valence-electron chi connectivity index (χ1n) is 9.78. The zero-order valence-electron chi connectivity index (χ0n) is 17.3. The van der Waals surface area contributed by atoms with Gasteiger partial charge in [0.1, 0.15) is 11.5 Å². The molecule has 0 spiro atoms. The van der Waals surface area contributed by atoms with E-state index in [0.29, 0.717) is 35.0 Å². The smallest absolute Gasteiger partial charge is 0.416 e. The molecule has 1 unspecified atom stereocenters. The Morgan fingerprint density at radius 2 is 1.75 bits per heavy atom. The van der Waals surface area contributed by atoms with Crippen LogP contribution in [0.3, 0.4) is 0 Å². The fraction of sp³-hybridized carbons (Fsp3) is 0.318. The van der Waals surface area contributed by atoms with Crippen molar-refractivity contribution in [3.8, 4) is 23.0 Å². The number of amides is 1. The molecule has 1 atom stereocenters. The van der Waals surface area contributed by atoms with E-state index in [-0.39, 0.29) is 30.7 Å². The molecule has 10 heteroatoms. The lowest BCUT2D eigenvalue weighted by molar-refractivity contribution is -0.137. The fourth-order valence-corrected chi connectivity index (χ4v) is 3.57. The Labute approximate surface area is 181 Å². The Balaban J connectivity index is 1.46. The minimum absolute atomic E-state index is 0.121. The summed E-state index contributed by atoms with van der Waals surface area (Å²) in [5.74, 6) is 1.40. The van der Waals surface area contributed by atoms with Crippen LogP contribution in [0.2, 0.25) is 0 Å². The van der Waals surface area contributed by atoms with Gasteiger partial charge in [0.15, 0.2) is 5.82 Å². The van der Waals surface area contributed by atoms with Crippen LogP contribution >= 0.6 is 0 Å². The number of hydrogen-bond donors (Lipinski definition) is 0. The maximum absolute atomic E-state index is 12.7. The molecule has 2 heterocycles. The average molecular weight is 447 g/mol. The summed E-state index contributed by atoms with van der Waals surface area (Å²) < 4.78 is 54.1. The van der Waals surface area contributed by atoms with Gasteiger partial charge in [-0.3, -0.25) is 4.79 Å². The molecule has 3 aromatic rings. The molecule has 1 amide bonds. The summed E-state index contributed by atoms with van der Waals surface area (Å²) in [5.41, 5.74) is 0.510. The summed E-state index contributed by atoms with van der Waals surface area (Å²) in [5, 5.41) is 4.03. The normalized spacial score (nSPS) is 16.5. The number of alkyl halides is 3. The van der Waals surface area contributed by atoms with Crippen LogP contribution in [0.4, 0.5) is 13.2 Å². The first kappa shape index (κ1) is 21.7. The van der Waals surface area contributed by atoms with Gasteiger partial charge < -0.3 is 18.9 Å². The van der Waals surface area contributed by atoms with Gasteiger partial charge in [-0.1, -0.05) is 17.3 Å². The van der Waals surface area contributed by atoms with E-state index >= 15 is 0 Å². The average Bonchev–Trinajstić information content (AvgIpc) is 3.40. The Hall–Kier alpha value is -3.56. The van der Waals surface area contributed by atoms with Crippen LogP contribution in [0.1, 0.15) is 29.3 Å². The lowest BCUT2D eigenvalue weighted by Crippen LogP contribution is -2.24. The van der Waals surface area contributed by atoms with Crippen LogP contribution in [-0.2, 0) is 17.5 Å². The first-order chi connectivity index (χ1) is 15.3. The van der Waals surface area contributed by atoms with Crippen LogP contribution in [0.15, 0.2) is 47.0 Å². The fourth-order valence-electron chi connectivity index (χ4n) is 3.57. The van der Waals surface area contributed by atoms with Gasteiger partial charge in [0.2, 0.25) is 5.91 Å². The molecule has 1 aliphatic heterocycles. The lowest BCUT2D eigenvalue weighted by atomic mass is 10.1. The highest BCUT2D eigenvalue weighted by molar-refractivity contribution is 5.79. The van der Waals surface area contributed by atoms with E-state index in [0.717, 1.165) is 12.1 Å². The highest BCUT2D eigenvalue weighted by atomic mass is 19.4. The number of hydrogen-bond acceptors (Lipinski definition) is 6. The third kappa shape index (κ3) is 4.53. The summed E-state index contributed by atoms with van der Waals surface area (Å²) in [6.07, 6.45) is -4.20. The Bertz CT molecular complexity index is 1090. The molecule has 7 nitrogen and oxygen atoms in total. The molecule has 32 heavy (non-hydrogen) atoms. The van der Waals surface area contributed by atoms with Crippen molar-refractivity contribution in [2.45, 2.75) is 25.1 Å². The van der Waals surface area contributed by atoms with Crippen LogP contribution < -0.4 is 9.47 Å². The topological polar surface area (TPSA) is 77.7 Å². The van der Waals surface area contributed by atoms with Crippen molar-refractivity contribution in [3.05, 3.63) is 59.4 Å². The van der Waals surface area contributed by atoms with Gasteiger partial charge in [-0.2, -0.15) is 18.2 Å². The third-order valence-electron chi connectivity index (χ3n) is 5.27. The number of carbonyl (C=O) groups excluding carboxylic acids is 1. The lowest BCUT2D eigenvalue weighted by Gasteiger charge is -2.16. The van der Waals surface area contributed by atoms with Crippen molar-refractivity contribution >= 4 is 5.91 Å². The largest absolute Gasteiger partial charge is 0.497 e. The second kappa shape index (κ2) is 8.52. The molecule has 0 aliphatic carbocycles. The van der Waals surface area contributed by atoms with Crippen LogP contribution in [0.25, 0.3) is 11.5 Å². The number of nitrogens with zero attached hydrogens (tertiary/aromatic N) is 3. The van der Waals surface area contributed by atoms with Crippen LogP contribution in [0.5, 0.6) is 11.5 Å². The van der Waals surface area contributed by atoms with E-state index in [9.17, 15) is 18.0 Å². The number of ether oxygens (including phenoxy) is 2. The molecule has 0 saturated carbocycles. The quantitative estimate of drug-likeness (QED) is 0.561. The second-order valence-electron chi connectivity index (χ2n) is 7.43.